The monoisotopic (exact) mass is 341 g/mol. The molecule has 0 amide bonds. The molecule has 0 unspecified atom stereocenters. The van der Waals surface area contributed by atoms with Crippen molar-refractivity contribution >= 4 is 5.97 Å². The minimum atomic E-state index is -0.974. The third-order valence-electron chi connectivity index (χ3n) is 4.09. The molecule has 5 nitrogen and oxygen atoms in total. The molecule has 1 heterocycles. The first-order valence-electron chi connectivity index (χ1n) is 7.99. The molecule has 5 heteroatoms. The van der Waals surface area contributed by atoms with Gasteiger partial charge in [0.05, 0.1) is 28.8 Å². The average molecular weight is 341 g/mol. The molecule has 126 valence electrons. The first-order chi connectivity index (χ1) is 12.6. The van der Waals surface area contributed by atoms with Crippen molar-refractivity contribution < 1.29 is 9.90 Å². The molecule has 3 rings (SSSR count). The maximum Gasteiger partial charge on any atom is 0.337 e. The Morgan fingerprint density at radius 3 is 2.35 bits per heavy atom. The zero-order valence-electron chi connectivity index (χ0n) is 13.9. The van der Waals surface area contributed by atoms with E-state index in [1.165, 1.54) is 0 Å². The summed E-state index contributed by atoms with van der Waals surface area (Å²) in [6.45, 7) is 0.489. The Hall–Kier alpha value is -3.83. The summed E-state index contributed by atoms with van der Waals surface area (Å²) >= 11 is 0. The van der Waals surface area contributed by atoms with Gasteiger partial charge in [0.15, 0.2) is 0 Å². The largest absolute Gasteiger partial charge is 0.478 e. The number of carboxylic acids is 1. The van der Waals surface area contributed by atoms with Crippen LogP contribution in [-0.4, -0.2) is 15.6 Å². The highest BCUT2D eigenvalue weighted by molar-refractivity contribution is 5.89. The van der Waals surface area contributed by atoms with Gasteiger partial charge in [0.25, 0.3) is 0 Å². The SMILES string of the molecule is N#Cc1ccc(Cc2cn(Cc3cccc(C#N)c3)cc2C(=O)O)cc1. The maximum absolute atomic E-state index is 11.6. The molecule has 0 aliphatic carbocycles. The predicted octanol–water partition coefficient (Wildman–Crippen LogP) is 3.57. The van der Waals surface area contributed by atoms with Crippen LogP contribution in [0.3, 0.4) is 0 Å². The summed E-state index contributed by atoms with van der Waals surface area (Å²) in [5, 5.41) is 27.3. The molecular formula is C21H15N3O2. The molecule has 0 saturated heterocycles. The van der Waals surface area contributed by atoms with Gasteiger partial charge in [-0.2, -0.15) is 10.5 Å². The summed E-state index contributed by atoms with van der Waals surface area (Å²) in [5.41, 5.74) is 3.98. The van der Waals surface area contributed by atoms with E-state index in [0.717, 1.165) is 11.1 Å². The lowest BCUT2D eigenvalue weighted by Crippen LogP contribution is -2.00. The number of rotatable bonds is 5. The van der Waals surface area contributed by atoms with Crippen LogP contribution in [0.4, 0.5) is 0 Å². The maximum atomic E-state index is 11.6. The van der Waals surface area contributed by atoms with Gasteiger partial charge in [0, 0.05) is 18.9 Å². The summed E-state index contributed by atoms with van der Waals surface area (Å²) in [4.78, 5) is 11.6. The van der Waals surface area contributed by atoms with Gasteiger partial charge < -0.3 is 9.67 Å². The number of aromatic nitrogens is 1. The van der Waals surface area contributed by atoms with E-state index in [4.69, 9.17) is 10.5 Å². The van der Waals surface area contributed by atoms with Gasteiger partial charge in [-0.1, -0.05) is 24.3 Å². The number of carboxylic acid groups (broad SMARTS) is 1. The fourth-order valence-electron chi connectivity index (χ4n) is 2.85. The molecule has 0 radical (unpaired) electrons. The number of hydrogen-bond acceptors (Lipinski definition) is 3. The molecule has 0 aliphatic rings. The van der Waals surface area contributed by atoms with E-state index < -0.39 is 5.97 Å². The summed E-state index contributed by atoms with van der Waals surface area (Å²) in [5.74, 6) is -0.974. The van der Waals surface area contributed by atoms with Crippen LogP contribution >= 0.6 is 0 Å². The molecule has 0 saturated carbocycles. The summed E-state index contributed by atoms with van der Waals surface area (Å²) in [7, 11) is 0. The summed E-state index contributed by atoms with van der Waals surface area (Å²) in [6, 6.07) is 18.5. The fourth-order valence-corrected chi connectivity index (χ4v) is 2.85. The van der Waals surface area contributed by atoms with E-state index in [0.29, 0.717) is 29.7 Å². The normalized spacial score (nSPS) is 10.1. The van der Waals surface area contributed by atoms with Crippen molar-refractivity contribution in [3.8, 4) is 12.1 Å². The minimum Gasteiger partial charge on any atom is -0.478 e. The van der Waals surface area contributed by atoms with E-state index in [1.54, 1.807) is 30.5 Å². The van der Waals surface area contributed by atoms with Crippen molar-refractivity contribution in [3.63, 3.8) is 0 Å². The Labute approximate surface area is 151 Å². The summed E-state index contributed by atoms with van der Waals surface area (Å²) < 4.78 is 1.82. The lowest BCUT2D eigenvalue weighted by atomic mass is 10.0. The van der Waals surface area contributed by atoms with E-state index in [2.05, 4.69) is 12.1 Å². The lowest BCUT2D eigenvalue weighted by molar-refractivity contribution is 0.0696. The molecule has 3 aromatic rings. The predicted molar refractivity (Wildman–Crippen MR) is 95.6 cm³/mol. The third kappa shape index (κ3) is 3.80. The van der Waals surface area contributed by atoms with Gasteiger partial charge >= 0.3 is 5.97 Å². The van der Waals surface area contributed by atoms with Gasteiger partial charge in [0.2, 0.25) is 0 Å². The number of nitrogens with zero attached hydrogens (tertiary/aromatic N) is 3. The Kier molecular flexibility index (Phi) is 4.83. The number of benzene rings is 2. The van der Waals surface area contributed by atoms with Crippen molar-refractivity contribution in [2.75, 3.05) is 0 Å². The highest BCUT2D eigenvalue weighted by Crippen LogP contribution is 2.18. The number of aromatic carboxylic acids is 1. The standard InChI is InChI=1S/C21H15N3O2/c22-10-16-6-4-15(5-7-16)9-19-13-24(14-20(19)21(25)26)12-18-3-1-2-17(8-18)11-23/h1-8,13-14H,9,12H2,(H,25,26). The van der Waals surface area contributed by atoms with Crippen LogP contribution in [0, 0.1) is 22.7 Å². The van der Waals surface area contributed by atoms with Crippen molar-refractivity contribution in [1.82, 2.24) is 4.57 Å². The number of carbonyl (C=O) groups is 1. The van der Waals surface area contributed by atoms with Gasteiger partial charge in [-0.15, -0.1) is 0 Å². The second-order valence-electron chi connectivity index (χ2n) is 5.97. The van der Waals surface area contributed by atoms with E-state index >= 15 is 0 Å². The van der Waals surface area contributed by atoms with E-state index in [-0.39, 0.29) is 5.56 Å². The molecule has 1 N–H and O–H groups in total. The molecule has 2 aromatic carbocycles. The van der Waals surface area contributed by atoms with Crippen molar-refractivity contribution in [3.05, 3.63) is 94.3 Å². The first kappa shape index (κ1) is 17.0. The van der Waals surface area contributed by atoms with Gasteiger partial charge in [-0.05, 0) is 47.4 Å². The minimum absolute atomic E-state index is 0.255. The van der Waals surface area contributed by atoms with Crippen LogP contribution in [-0.2, 0) is 13.0 Å². The second-order valence-corrected chi connectivity index (χ2v) is 5.97. The topological polar surface area (TPSA) is 89.8 Å². The first-order valence-corrected chi connectivity index (χ1v) is 7.99. The molecular weight excluding hydrogens is 326 g/mol. The van der Waals surface area contributed by atoms with Crippen LogP contribution in [0.25, 0.3) is 0 Å². The van der Waals surface area contributed by atoms with Crippen LogP contribution in [0.2, 0.25) is 0 Å². The van der Waals surface area contributed by atoms with Crippen molar-refractivity contribution in [2.24, 2.45) is 0 Å². The van der Waals surface area contributed by atoms with Gasteiger partial charge in [-0.25, -0.2) is 4.79 Å². The van der Waals surface area contributed by atoms with Crippen molar-refractivity contribution in [2.45, 2.75) is 13.0 Å². The fraction of sp³-hybridized carbons (Fsp3) is 0.0952. The molecule has 1 aromatic heterocycles. The Balaban J connectivity index is 1.87. The molecule has 0 atom stereocenters. The molecule has 0 fully saturated rings. The van der Waals surface area contributed by atoms with Crippen LogP contribution in [0.1, 0.15) is 38.2 Å². The van der Waals surface area contributed by atoms with E-state index in [1.807, 2.05) is 35.0 Å². The summed E-state index contributed by atoms with van der Waals surface area (Å²) in [6.07, 6.45) is 3.90. The van der Waals surface area contributed by atoms with Crippen LogP contribution < -0.4 is 0 Å². The Morgan fingerprint density at radius 1 is 0.962 bits per heavy atom. The zero-order chi connectivity index (χ0) is 18.5. The molecule has 0 bridgehead atoms. The van der Waals surface area contributed by atoms with Crippen LogP contribution in [0.15, 0.2) is 60.9 Å². The molecule has 0 aliphatic heterocycles. The number of nitriles is 2. The second kappa shape index (κ2) is 7.38. The molecule has 0 spiro atoms. The quantitative estimate of drug-likeness (QED) is 0.768. The lowest BCUT2D eigenvalue weighted by Gasteiger charge is -2.03. The smallest absolute Gasteiger partial charge is 0.337 e. The van der Waals surface area contributed by atoms with Gasteiger partial charge in [0.1, 0.15) is 0 Å². The highest BCUT2D eigenvalue weighted by atomic mass is 16.4. The Bertz CT molecular complexity index is 1030. The Morgan fingerprint density at radius 2 is 1.69 bits per heavy atom. The number of hydrogen-bond donors (Lipinski definition) is 1. The van der Waals surface area contributed by atoms with Gasteiger partial charge in [-0.3, -0.25) is 0 Å². The van der Waals surface area contributed by atoms with Crippen LogP contribution in [0.5, 0.6) is 0 Å². The average Bonchev–Trinajstić information content (AvgIpc) is 3.05. The third-order valence-corrected chi connectivity index (χ3v) is 4.09. The van der Waals surface area contributed by atoms with Crippen molar-refractivity contribution in [1.29, 1.82) is 10.5 Å². The highest BCUT2D eigenvalue weighted by Gasteiger charge is 2.14. The molecule has 26 heavy (non-hydrogen) atoms. The van der Waals surface area contributed by atoms with E-state index in [9.17, 15) is 9.90 Å². The zero-order valence-corrected chi connectivity index (χ0v) is 13.9.